The number of carbonyl (C=O) groups is 2. The molecule has 0 aromatic heterocycles. The third kappa shape index (κ3) is 3.73. The van der Waals surface area contributed by atoms with Gasteiger partial charge in [0.1, 0.15) is 11.7 Å². The average Bonchev–Trinajstić information content (AvgIpc) is 3.10. The molecule has 2 saturated carbocycles. The Morgan fingerprint density at radius 1 is 1.44 bits per heavy atom. The second kappa shape index (κ2) is 6.70. The maximum absolute atomic E-state index is 12.6. The zero-order chi connectivity index (χ0) is 20.2. The monoisotopic (exact) mass is 378 g/mol. The van der Waals surface area contributed by atoms with E-state index in [1.165, 1.54) is 6.92 Å². The Hall–Kier alpha value is -1.20. The SMILES string of the molecule is C=C(C)[C@H](CC[C@](C)(O)[C@H]1CC[C@]2(C)CC(=O)[C@@]3(C)O[C@H]3C[C@@H]12)OC(C)=O. The molecule has 27 heavy (non-hydrogen) atoms. The van der Waals surface area contributed by atoms with Gasteiger partial charge in [0.2, 0.25) is 0 Å². The van der Waals surface area contributed by atoms with Crippen molar-refractivity contribution in [1.82, 2.24) is 0 Å². The van der Waals surface area contributed by atoms with E-state index in [4.69, 9.17) is 9.47 Å². The third-order valence-corrected chi connectivity index (χ3v) is 7.51. The van der Waals surface area contributed by atoms with Gasteiger partial charge in [-0.2, -0.15) is 0 Å². The predicted molar refractivity (Wildman–Crippen MR) is 102 cm³/mol. The summed E-state index contributed by atoms with van der Waals surface area (Å²) in [5, 5.41) is 11.4. The minimum absolute atomic E-state index is 0.00237. The van der Waals surface area contributed by atoms with E-state index in [9.17, 15) is 14.7 Å². The second-order valence-electron chi connectivity index (χ2n) is 9.80. The van der Waals surface area contributed by atoms with Gasteiger partial charge in [0.15, 0.2) is 5.78 Å². The van der Waals surface area contributed by atoms with E-state index in [1.54, 1.807) is 0 Å². The second-order valence-corrected chi connectivity index (χ2v) is 9.80. The van der Waals surface area contributed by atoms with Crippen LogP contribution in [0.3, 0.4) is 0 Å². The molecular weight excluding hydrogens is 344 g/mol. The summed E-state index contributed by atoms with van der Waals surface area (Å²) in [7, 11) is 0. The molecule has 2 aliphatic carbocycles. The van der Waals surface area contributed by atoms with Crippen molar-refractivity contribution < 1.29 is 24.2 Å². The largest absolute Gasteiger partial charge is 0.458 e. The van der Waals surface area contributed by atoms with E-state index in [1.807, 2.05) is 20.8 Å². The molecule has 1 heterocycles. The molecule has 0 radical (unpaired) electrons. The van der Waals surface area contributed by atoms with E-state index >= 15 is 0 Å². The smallest absolute Gasteiger partial charge is 0.303 e. The number of epoxide rings is 1. The van der Waals surface area contributed by atoms with Crippen LogP contribution in [0, 0.1) is 17.3 Å². The van der Waals surface area contributed by atoms with Gasteiger partial charge in [-0.25, -0.2) is 0 Å². The maximum atomic E-state index is 12.6. The van der Waals surface area contributed by atoms with Gasteiger partial charge in [-0.05, 0) is 75.7 Å². The maximum Gasteiger partial charge on any atom is 0.303 e. The number of aliphatic hydroxyl groups is 1. The van der Waals surface area contributed by atoms with Crippen molar-refractivity contribution in [2.45, 2.75) is 96.6 Å². The first-order chi connectivity index (χ1) is 12.4. The Morgan fingerprint density at radius 3 is 2.70 bits per heavy atom. The molecule has 0 spiro atoms. The lowest BCUT2D eigenvalue weighted by Gasteiger charge is -2.39. The molecule has 3 rings (SSSR count). The quantitative estimate of drug-likeness (QED) is 0.434. The molecular formula is C22H34O5. The molecule has 0 bridgehead atoms. The van der Waals surface area contributed by atoms with Gasteiger partial charge in [-0.3, -0.25) is 9.59 Å². The summed E-state index contributed by atoms with van der Waals surface area (Å²) in [6, 6.07) is 0. The number of ether oxygens (including phenoxy) is 2. The molecule has 7 atom stereocenters. The molecule has 0 amide bonds. The minimum Gasteiger partial charge on any atom is -0.458 e. The van der Waals surface area contributed by atoms with Crippen LogP contribution in [0.5, 0.6) is 0 Å². The summed E-state index contributed by atoms with van der Waals surface area (Å²) in [6.07, 6.45) is 3.97. The zero-order valence-electron chi connectivity index (χ0n) is 17.3. The molecule has 1 aliphatic heterocycles. The highest BCUT2D eigenvalue weighted by molar-refractivity contribution is 5.91. The lowest BCUT2D eigenvalue weighted by Crippen LogP contribution is -2.41. The van der Waals surface area contributed by atoms with Crippen LogP contribution in [0.25, 0.3) is 0 Å². The molecule has 1 saturated heterocycles. The van der Waals surface area contributed by atoms with E-state index in [0.29, 0.717) is 19.3 Å². The van der Waals surface area contributed by atoms with Crippen LogP contribution in [0.2, 0.25) is 0 Å². The van der Waals surface area contributed by atoms with Crippen molar-refractivity contribution in [3.05, 3.63) is 12.2 Å². The van der Waals surface area contributed by atoms with Crippen LogP contribution < -0.4 is 0 Å². The topological polar surface area (TPSA) is 76.1 Å². The van der Waals surface area contributed by atoms with Crippen LogP contribution in [0.1, 0.15) is 73.1 Å². The van der Waals surface area contributed by atoms with Gasteiger partial charge in [-0.15, -0.1) is 0 Å². The number of fused-ring (bicyclic) bond motifs is 2. The molecule has 3 aliphatic rings. The molecule has 0 aromatic rings. The first-order valence-corrected chi connectivity index (χ1v) is 10.2. The van der Waals surface area contributed by atoms with Gasteiger partial charge < -0.3 is 14.6 Å². The molecule has 3 fully saturated rings. The number of esters is 1. The number of carbonyl (C=O) groups excluding carboxylic acids is 2. The summed E-state index contributed by atoms with van der Waals surface area (Å²) in [4.78, 5) is 24.0. The van der Waals surface area contributed by atoms with Crippen molar-refractivity contribution in [3.63, 3.8) is 0 Å². The number of hydrogen-bond donors (Lipinski definition) is 1. The fourth-order valence-corrected chi connectivity index (χ4v) is 5.54. The van der Waals surface area contributed by atoms with Crippen LogP contribution in [0.4, 0.5) is 0 Å². The van der Waals surface area contributed by atoms with Gasteiger partial charge >= 0.3 is 5.97 Å². The average molecular weight is 379 g/mol. The third-order valence-electron chi connectivity index (χ3n) is 7.51. The van der Waals surface area contributed by atoms with Crippen LogP contribution >= 0.6 is 0 Å². The normalized spacial score (nSPS) is 41.0. The Bertz CT molecular complexity index is 653. The molecule has 0 aromatic carbocycles. The minimum atomic E-state index is -0.880. The Labute approximate surface area is 162 Å². The van der Waals surface area contributed by atoms with Crippen LogP contribution in [-0.4, -0.2) is 40.3 Å². The molecule has 0 unspecified atom stereocenters. The van der Waals surface area contributed by atoms with Crippen molar-refractivity contribution in [1.29, 1.82) is 0 Å². The van der Waals surface area contributed by atoms with E-state index < -0.39 is 11.2 Å². The fourth-order valence-electron chi connectivity index (χ4n) is 5.54. The zero-order valence-corrected chi connectivity index (χ0v) is 17.3. The number of ketones is 1. The van der Waals surface area contributed by atoms with Crippen molar-refractivity contribution >= 4 is 11.8 Å². The summed E-state index contributed by atoms with van der Waals surface area (Å²) in [5.74, 6) is 0.270. The summed E-state index contributed by atoms with van der Waals surface area (Å²) >= 11 is 0. The summed E-state index contributed by atoms with van der Waals surface area (Å²) in [5.41, 5.74) is -0.742. The lowest BCUT2D eigenvalue weighted by atomic mass is 9.68. The predicted octanol–water partition coefficient (Wildman–Crippen LogP) is 3.58. The van der Waals surface area contributed by atoms with Gasteiger partial charge in [0.05, 0.1) is 11.7 Å². The van der Waals surface area contributed by atoms with Crippen LogP contribution in [0.15, 0.2) is 12.2 Å². The molecule has 5 heteroatoms. The van der Waals surface area contributed by atoms with Crippen molar-refractivity contribution in [2.24, 2.45) is 17.3 Å². The number of rotatable bonds is 6. The summed E-state index contributed by atoms with van der Waals surface area (Å²) < 4.78 is 11.1. The van der Waals surface area contributed by atoms with Crippen molar-refractivity contribution in [3.8, 4) is 0 Å². The fraction of sp³-hybridized carbons (Fsp3) is 0.818. The number of Topliss-reactive ketones (excluding diaryl/α,β-unsaturated/α-hetero) is 1. The number of hydrogen-bond acceptors (Lipinski definition) is 5. The van der Waals surface area contributed by atoms with Gasteiger partial charge in [0, 0.05) is 13.3 Å². The van der Waals surface area contributed by atoms with Gasteiger partial charge in [-0.1, -0.05) is 13.5 Å². The van der Waals surface area contributed by atoms with E-state index in [2.05, 4.69) is 13.5 Å². The van der Waals surface area contributed by atoms with Gasteiger partial charge in [0.25, 0.3) is 0 Å². The van der Waals surface area contributed by atoms with E-state index in [-0.39, 0.29) is 41.2 Å². The molecule has 1 N–H and O–H groups in total. The Morgan fingerprint density at radius 2 is 2.11 bits per heavy atom. The van der Waals surface area contributed by atoms with Crippen molar-refractivity contribution in [2.75, 3.05) is 0 Å². The first-order valence-electron chi connectivity index (χ1n) is 10.2. The Balaban J connectivity index is 1.72. The van der Waals surface area contributed by atoms with Crippen LogP contribution in [-0.2, 0) is 19.1 Å². The highest BCUT2D eigenvalue weighted by Crippen LogP contribution is 2.61. The molecule has 152 valence electrons. The summed E-state index contributed by atoms with van der Waals surface area (Å²) in [6.45, 7) is 13.2. The van der Waals surface area contributed by atoms with E-state index in [0.717, 1.165) is 24.8 Å². The standard InChI is InChI=1S/C22H34O5/c1-13(2)17(26-14(3)23)8-10-21(5,25)15-7-9-20(4)12-18(24)22(6)19(27-22)11-16(15)20/h15-17,19,25H,1,7-12H2,2-6H3/t15-,16-,17-,19-,20+,21-,22+/m0/s1. The Kier molecular flexibility index (Phi) is 5.09. The highest BCUT2D eigenvalue weighted by atomic mass is 16.6. The molecule has 5 nitrogen and oxygen atoms in total. The lowest BCUT2D eigenvalue weighted by molar-refractivity contribution is -0.145. The first kappa shape index (κ1) is 20.5. The highest BCUT2D eigenvalue weighted by Gasteiger charge is 2.65.